The Labute approximate surface area is 87.9 Å². The number of halogens is 1. The first-order valence-electron chi connectivity index (χ1n) is 4.19. The molecule has 0 saturated carbocycles. The van der Waals surface area contributed by atoms with Crippen molar-refractivity contribution < 1.29 is 4.74 Å². The molecule has 0 aromatic carbocycles. The minimum Gasteiger partial charge on any atom is -0.458 e. The van der Waals surface area contributed by atoms with Gasteiger partial charge in [-0.2, -0.15) is 15.0 Å². The Morgan fingerprint density at radius 1 is 1.21 bits per heavy atom. The molecule has 1 N–H and O–H groups in total. The number of nitrogens with zero attached hydrogens (tertiary/aromatic N) is 3. The van der Waals surface area contributed by atoms with Gasteiger partial charge in [0.1, 0.15) is 5.60 Å². The van der Waals surface area contributed by atoms with Crippen molar-refractivity contribution in [2.24, 2.45) is 0 Å². The van der Waals surface area contributed by atoms with Crippen molar-refractivity contribution in [3.63, 3.8) is 0 Å². The molecule has 0 aliphatic carbocycles. The molecule has 1 heterocycles. The van der Waals surface area contributed by atoms with Crippen molar-refractivity contribution in [1.29, 1.82) is 0 Å². The number of anilines is 1. The van der Waals surface area contributed by atoms with Gasteiger partial charge in [-0.05, 0) is 32.4 Å². The first-order valence-corrected chi connectivity index (χ1v) is 4.57. The highest BCUT2D eigenvalue weighted by atomic mass is 35.5. The maximum atomic E-state index is 5.68. The van der Waals surface area contributed by atoms with Gasteiger partial charge in [-0.25, -0.2) is 0 Å². The summed E-state index contributed by atoms with van der Waals surface area (Å²) in [6, 6.07) is 0.224. The fourth-order valence-corrected chi connectivity index (χ4v) is 0.916. The summed E-state index contributed by atoms with van der Waals surface area (Å²) in [6.45, 7) is 5.72. The SMILES string of the molecule is CNc1nc(Cl)nc(OC(C)(C)C)n1. The van der Waals surface area contributed by atoms with E-state index < -0.39 is 0 Å². The van der Waals surface area contributed by atoms with E-state index in [0.29, 0.717) is 5.95 Å². The van der Waals surface area contributed by atoms with E-state index in [4.69, 9.17) is 16.3 Å². The number of ether oxygens (including phenoxy) is 1. The molecule has 0 atom stereocenters. The summed E-state index contributed by atoms with van der Waals surface area (Å²) in [7, 11) is 1.70. The summed E-state index contributed by atoms with van der Waals surface area (Å²) in [4.78, 5) is 11.7. The van der Waals surface area contributed by atoms with Crippen LogP contribution < -0.4 is 10.1 Å². The van der Waals surface area contributed by atoms with E-state index in [1.165, 1.54) is 0 Å². The molecule has 0 aliphatic heterocycles. The molecule has 0 radical (unpaired) electrons. The van der Waals surface area contributed by atoms with E-state index in [-0.39, 0.29) is 16.9 Å². The molecule has 5 nitrogen and oxygen atoms in total. The van der Waals surface area contributed by atoms with Gasteiger partial charge in [-0.15, -0.1) is 0 Å². The third-order valence-electron chi connectivity index (χ3n) is 1.21. The predicted molar refractivity (Wildman–Crippen MR) is 54.8 cm³/mol. The molecular weight excluding hydrogens is 204 g/mol. The summed E-state index contributed by atoms with van der Waals surface area (Å²) >= 11 is 5.68. The van der Waals surface area contributed by atoms with E-state index in [1.54, 1.807) is 7.05 Å². The lowest BCUT2D eigenvalue weighted by Gasteiger charge is -2.19. The van der Waals surface area contributed by atoms with Crippen LogP contribution in [0.2, 0.25) is 5.28 Å². The zero-order valence-electron chi connectivity index (χ0n) is 8.63. The van der Waals surface area contributed by atoms with Gasteiger partial charge >= 0.3 is 6.01 Å². The van der Waals surface area contributed by atoms with Crippen molar-refractivity contribution in [2.75, 3.05) is 12.4 Å². The second kappa shape index (κ2) is 3.96. The largest absolute Gasteiger partial charge is 0.458 e. The van der Waals surface area contributed by atoms with Gasteiger partial charge in [0.25, 0.3) is 0 Å². The summed E-state index contributed by atoms with van der Waals surface area (Å²) < 4.78 is 5.44. The molecule has 0 saturated heterocycles. The zero-order valence-corrected chi connectivity index (χ0v) is 9.38. The van der Waals surface area contributed by atoms with Crippen LogP contribution in [0.4, 0.5) is 5.95 Å². The highest BCUT2D eigenvalue weighted by molar-refractivity contribution is 6.28. The fourth-order valence-electron chi connectivity index (χ4n) is 0.763. The van der Waals surface area contributed by atoms with Crippen LogP contribution in [0.25, 0.3) is 0 Å². The highest BCUT2D eigenvalue weighted by Crippen LogP contribution is 2.16. The van der Waals surface area contributed by atoms with Crippen molar-refractivity contribution in [3.05, 3.63) is 5.28 Å². The van der Waals surface area contributed by atoms with Crippen LogP contribution in [-0.2, 0) is 0 Å². The van der Waals surface area contributed by atoms with Crippen LogP contribution in [0.3, 0.4) is 0 Å². The number of rotatable bonds is 2. The topological polar surface area (TPSA) is 59.9 Å². The molecule has 0 aliphatic rings. The molecule has 1 aromatic rings. The van der Waals surface area contributed by atoms with Crippen molar-refractivity contribution >= 4 is 17.5 Å². The van der Waals surface area contributed by atoms with Crippen LogP contribution in [0.5, 0.6) is 6.01 Å². The maximum absolute atomic E-state index is 5.68. The molecule has 1 rings (SSSR count). The lowest BCUT2D eigenvalue weighted by atomic mass is 10.2. The Balaban J connectivity index is 2.92. The van der Waals surface area contributed by atoms with Gasteiger partial charge in [0.15, 0.2) is 0 Å². The molecule has 6 heteroatoms. The Morgan fingerprint density at radius 2 is 1.86 bits per heavy atom. The van der Waals surface area contributed by atoms with Crippen LogP contribution in [0.1, 0.15) is 20.8 Å². The van der Waals surface area contributed by atoms with Crippen LogP contribution in [0, 0.1) is 0 Å². The zero-order chi connectivity index (χ0) is 10.8. The molecule has 0 bridgehead atoms. The Hall–Kier alpha value is -1.10. The molecule has 78 valence electrons. The van der Waals surface area contributed by atoms with Gasteiger partial charge in [0, 0.05) is 7.05 Å². The second-order valence-corrected chi connectivity index (χ2v) is 4.01. The Bertz CT molecular complexity index is 324. The Kier molecular flexibility index (Phi) is 3.10. The number of nitrogens with one attached hydrogen (secondary N) is 1. The fraction of sp³-hybridized carbons (Fsp3) is 0.625. The van der Waals surface area contributed by atoms with E-state index in [9.17, 15) is 0 Å². The molecule has 0 unspecified atom stereocenters. The van der Waals surface area contributed by atoms with Gasteiger partial charge in [-0.3, -0.25) is 0 Å². The minimum absolute atomic E-state index is 0.114. The van der Waals surface area contributed by atoms with Crippen LogP contribution in [-0.4, -0.2) is 27.6 Å². The molecule has 0 spiro atoms. The van der Waals surface area contributed by atoms with Crippen LogP contribution >= 0.6 is 11.6 Å². The van der Waals surface area contributed by atoms with Crippen LogP contribution in [0.15, 0.2) is 0 Å². The third kappa shape index (κ3) is 3.33. The monoisotopic (exact) mass is 216 g/mol. The van der Waals surface area contributed by atoms with Gasteiger partial charge < -0.3 is 10.1 Å². The predicted octanol–water partition coefficient (Wildman–Crippen LogP) is 1.74. The summed E-state index contributed by atoms with van der Waals surface area (Å²) in [5.74, 6) is 0.393. The van der Waals surface area contributed by atoms with Crippen molar-refractivity contribution in [1.82, 2.24) is 15.0 Å². The quantitative estimate of drug-likeness (QED) is 0.816. The third-order valence-corrected chi connectivity index (χ3v) is 1.38. The number of hydrogen-bond acceptors (Lipinski definition) is 5. The minimum atomic E-state index is -0.351. The maximum Gasteiger partial charge on any atom is 0.323 e. The molecular formula is C8H13ClN4O. The lowest BCUT2D eigenvalue weighted by Crippen LogP contribution is -2.24. The molecule has 14 heavy (non-hydrogen) atoms. The first kappa shape index (κ1) is 11.0. The number of hydrogen-bond donors (Lipinski definition) is 1. The number of aromatic nitrogens is 3. The smallest absolute Gasteiger partial charge is 0.323 e. The Morgan fingerprint density at radius 3 is 2.36 bits per heavy atom. The van der Waals surface area contributed by atoms with Gasteiger partial charge in [-0.1, -0.05) is 0 Å². The van der Waals surface area contributed by atoms with E-state index >= 15 is 0 Å². The summed E-state index contributed by atoms with van der Waals surface area (Å²) in [5, 5.41) is 2.88. The van der Waals surface area contributed by atoms with E-state index in [1.807, 2.05) is 20.8 Å². The molecule has 0 fully saturated rings. The summed E-state index contributed by atoms with van der Waals surface area (Å²) in [6.07, 6.45) is 0. The normalized spacial score (nSPS) is 11.2. The van der Waals surface area contributed by atoms with Gasteiger partial charge in [0.2, 0.25) is 11.2 Å². The van der Waals surface area contributed by atoms with Crippen molar-refractivity contribution in [3.8, 4) is 6.01 Å². The highest BCUT2D eigenvalue weighted by Gasteiger charge is 2.15. The second-order valence-electron chi connectivity index (χ2n) is 3.68. The van der Waals surface area contributed by atoms with E-state index in [2.05, 4.69) is 20.3 Å². The molecule has 0 amide bonds. The van der Waals surface area contributed by atoms with Gasteiger partial charge in [0.05, 0.1) is 0 Å². The van der Waals surface area contributed by atoms with Crippen molar-refractivity contribution in [2.45, 2.75) is 26.4 Å². The standard InChI is InChI=1S/C8H13ClN4O/c1-8(2,3)14-7-12-5(9)11-6(10-4)13-7/h1-4H3,(H,10,11,12,13). The first-order chi connectivity index (χ1) is 6.40. The average Bonchev–Trinajstić information content (AvgIpc) is 1.99. The molecule has 1 aromatic heterocycles. The van der Waals surface area contributed by atoms with E-state index in [0.717, 1.165) is 0 Å². The summed E-state index contributed by atoms with van der Waals surface area (Å²) in [5.41, 5.74) is -0.351. The average molecular weight is 217 g/mol. The lowest BCUT2D eigenvalue weighted by molar-refractivity contribution is 0.116.